The summed E-state index contributed by atoms with van der Waals surface area (Å²) in [4.78, 5) is 25.7. The summed E-state index contributed by atoms with van der Waals surface area (Å²) in [5.74, 6) is -0.983. The molecular formula is C13H16BrN3O3. The van der Waals surface area contributed by atoms with Gasteiger partial charge in [0.25, 0.3) is 0 Å². The summed E-state index contributed by atoms with van der Waals surface area (Å²) < 4.78 is 0.798. The summed E-state index contributed by atoms with van der Waals surface area (Å²) in [5, 5.41) is 12.3. The van der Waals surface area contributed by atoms with E-state index in [9.17, 15) is 9.59 Å². The molecule has 6 nitrogen and oxygen atoms in total. The van der Waals surface area contributed by atoms with Crippen molar-refractivity contribution < 1.29 is 14.7 Å². The quantitative estimate of drug-likeness (QED) is 0.431. The average molecular weight is 342 g/mol. The Hall–Kier alpha value is -1.76. The van der Waals surface area contributed by atoms with Crippen molar-refractivity contribution in [3.8, 4) is 0 Å². The zero-order valence-corrected chi connectivity index (χ0v) is 12.5. The van der Waals surface area contributed by atoms with Gasteiger partial charge in [-0.2, -0.15) is 5.10 Å². The number of unbranched alkanes of at least 4 members (excludes halogenated alkanes) is 2. The van der Waals surface area contributed by atoms with Crippen LogP contribution in [-0.4, -0.2) is 28.2 Å². The van der Waals surface area contributed by atoms with E-state index in [0.29, 0.717) is 19.3 Å². The van der Waals surface area contributed by atoms with Gasteiger partial charge in [-0.25, -0.2) is 5.43 Å². The molecule has 0 aromatic carbocycles. The Labute approximate surface area is 125 Å². The molecule has 0 saturated carbocycles. The monoisotopic (exact) mass is 341 g/mol. The molecule has 0 atom stereocenters. The molecule has 1 amide bonds. The van der Waals surface area contributed by atoms with Gasteiger partial charge in [-0.05, 0) is 34.8 Å². The Kier molecular flexibility index (Phi) is 7.49. The van der Waals surface area contributed by atoms with Crippen molar-refractivity contribution in [1.29, 1.82) is 0 Å². The minimum absolute atomic E-state index is 0.149. The third kappa shape index (κ3) is 6.98. The van der Waals surface area contributed by atoms with Crippen LogP contribution in [0.3, 0.4) is 0 Å². The van der Waals surface area contributed by atoms with Crippen molar-refractivity contribution in [2.24, 2.45) is 5.10 Å². The van der Waals surface area contributed by atoms with Crippen molar-refractivity contribution >= 4 is 34.0 Å². The van der Waals surface area contributed by atoms with Crippen LogP contribution >= 0.6 is 15.9 Å². The average Bonchev–Trinajstić information content (AvgIpc) is 2.40. The van der Waals surface area contributed by atoms with Crippen molar-refractivity contribution in [1.82, 2.24) is 10.4 Å². The van der Waals surface area contributed by atoms with E-state index in [0.717, 1.165) is 16.5 Å². The maximum absolute atomic E-state index is 11.4. The molecule has 0 aliphatic heterocycles. The maximum atomic E-state index is 11.4. The fourth-order valence-electron chi connectivity index (χ4n) is 1.46. The van der Waals surface area contributed by atoms with Crippen LogP contribution in [0.4, 0.5) is 0 Å². The normalized spacial score (nSPS) is 10.7. The molecule has 0 radical (unpaired) electrons. The number of hydrazone groups is 1. The minimum atomic E-state index is -0.804. The van der Waals surface area contributed by atoms with E-state index in [2.05, 4.69) is 31.4 Å². The topological polar surface area (TPSA) is 91.6 Å². The Morgan fingerprint density at radius 3 is 2.80 bits per heavy atom. The number of nitrogens with one attached hydrogen (secondary N) is 1. The lowest BCUT2D eigenvalue weighted by Gasteiger charge is -2.00. The Morgan fingerprint density at radius 2 is 2.10 bits per heavy atom. The van der Waals surface area contributed by atoms with Gasteiger partial charge in [0, 0.05) is 35.3 Å². The summed E-state index contributed by atoms with van der Waals surface area (Å²) in [7, 11) is 0. The molecule has 0 spiro atoms. The lowest BCUT2D eigenvalue weighted by Crippen LogP contribution is -2.17. The fraction of sp³-hybridized carbons (Fsp3) is 0.385. The van der Waals surface area contributed by atoms with Gasteiger partial charge in [-0.15, -0.1) is 0 Å². The second-order valence-electron chi connectivity index (χ2n) is 4.14. The molecule has 1 rings (SSSR count). The first-order valence-electron chi connectivity index (χ1n) is 6.23. The van der Waals surface area contributed by atoms with E-state index in [1.165, 1.54) is 6.21 Å². The molecule has 2 N–H and O–H groups in total. The number of aromatic nitrogens is 1. The van der Waals surface area contributed by atoms with E-state index < -0.39 is 5.97 Å². The molecule has 0 saturated heterocycles. The number of halogens is 1. The first-order valence-corrected chi connectivity index (χ1v) is 7.02. The number of nitrogens with zero attached hydrogens (tertiary/aromatic N) is 2. The minimum Gasteiger partial charge on any atom is -0.481 e. The first-order chi connectivity index (χ1) is 9.59. The van der Waals surface area contributed by atoms with Gasteiger partial charge in [0.15, 0.2) is 0 Å². The second-order valence-corrected chi connectivity index (χ2v) is 5.00. The zero-order chi connectivity index (χ0) is 14.8. The zero-order valence-electron chi connectivity index (χ0n) is 10.9. The predicted octanol–water partition coefficient (Wildman–Crippen LogP) is 2.33. The SMILES string of the molecule is O=C(O)CCCCCC(=O)N/N=C/c1ccncc1Br. The highest BCUT2D eigenvalue weighted by molar-refractivity contribution is 9.10. The van der Waals surface area contributed by atoms with Gasteiger partial charge < -0.3 is 5.11 Å². The summed E-state index contributed by atoms with van der Waals surface area (Å²) in [6, 6.07) is 1.77. The van der Waals surface area contributed by atoms with Crippen LogP contribution < -0.4 is 5.43 Å². The summed E-state index contributed by atoms with van der Waals surface area (Å²) in [6.45, 7) is 0. The fourth-order valence-corrected chi connectivity index (χ4v) is 1.81. The summed E-state index contributed by atoms with van der Waals surface area (Å²) >= 11 is 3.32. The van der Waals surface area contributed by atoms with Crippen LogP contribution in [0.25, 0.3) is 0 Å². The third-order valence-corrected chi connectivity index (χ3v) is 3.15. The Balaban J connectivity index is 2.20. The van der Waals surface area contributed by atoms with E-state index in [4.69, 9.17) is 5.11 Å². The molecule has 0 unspecified atom stereocenters. The number of aliphatic carboxylic acids is 1. The van der Waals surface area contributed by atoms with Crippen LogP contribution in [-0.2, 0) is 9.59 Å². The van der Waals surface area contributed by atoms with Crippen LogP contribution in [0.2, 0.25) is 0 Å². The van der Waals surface area contributed by atoms with Gasteiger partial charge >= 0.3 is 5.97 Å². The van der Waals surface area contributed by atoms with Crippen LogP contribution in [0.15, 0.2) is 28.0 Å². The van der Waals surface area contributed by atoms with Crippen molar-refractivity contribution in [2.45, 2.75) is 32.1 Å². The second kappa shape index (κ2) is 9.19. The largest absolute Gasteiger partial charge is 0.481 e. The maximum Gasteiger partial charge on any atom is 0.303 e. The Morgan fingerprint density at radius 1 is 1.35 bits per heavy atom. The molecule has 0 bridgehead atoms. The standard InChI is InChI=1S/C13H16BrN3O3/c14-11-9-15-7-6-10(11)8-16-17-12(18)4-2-1-3-5-13(19)20/h6-9H,1-5H2,(H,17,18)(H,19,20)/b16-8+. The number of carboxylic acids is 1. The number of carboxylic acid groups (broad SMARTS) is 1. The third-order valence-electron chi connectivity index (χ3n) is 2.49. The van der Waals surface area contributed by atoms with Gasteiger partial charge in [0.2, 0.25) is 5.91 Å². The number of carbonyl (C=O) groups is 2. The Bertz CT molecular complexity index is 492. The number of pyridine rings is 1. The number of amides is 1. The lowest BCUT2D eigenvalue weighted by atomic mass is 10.1. The summed E-state index contributed by atoms with van der Waals surface area (Å²) in [6.07, 6.45) is 7.28. The highest BCUT2D eigenvalue weighted by atomic mass is 79.9. The van der Waals surface area contributed by atoms with Gasteiger partial charge in [-0.3, -0.25) is 14.6 Å². The lowest BCUT2D eigenvalue weighted by molar-refractivity contribution is -0.137. The van der Waals surface area contributed by atoms with Crippen LogP contribution in [0.5, 0.6) is 0 Å². The van der Waals surface area contributed by atoms with Gasteiger partial charge in [0.05, 0.1) is 6.21 Å². The van der Waals surface area contributed by atoms with Crippen molar-refractivity contribution in [3.05, 3.63) is 28.5 Å². The molecule has 1 aromatic heterocycles. The van der Waals surface area contributed by atoms with E-state index in [1.807, 2.05) is 0 Å². The van der Waals surface area contributed by atoms with Crippen molar-refractivity contribution in [3.63, 3.8) is 0 Å². The number of rotatable bonds is 8. The number of carbonyl (C=O) groups excluding carboxylic acids is 1. The molecule has 108 valence electrons. The highest BCUT2D eigenvalue weighted by Crippen LogP contribution is 2.11. The molecule has 0 aliphatic rings. The van der Waals surface area contributed by atoms with E-state index >= 15 is 0 Å². The predicted molar refractivity (Wildman–Crippen MR) is 78.4 cm³/mol. The van der Waals surface area contributed by atoms with Gasteiger partial charge in [0.1, 0.15) is 0 Å². The molecular weight excluding hydrogens is 326 g/mol. The van der Waals surface area contributed by atoms with E-state index in [1.54, 1.807) is 18.5 Å². The molecule has 20 heavy (non-hydrogen) atoms. The molecule has 1 heterocycles. The molecule has 0 fully saturated rings. The first kappa shape index (κ1) is 16.3. The highest BCUT2D eigenvalue weighted by Gasteiger charge is 2.01. The number of hydrogen-bond acceptors (Lipinski definition) is 4. The van der Waals surface area contributed by atoms with E-state index in [-0.39, 0.29) is 12.3 Å². The van der Waals surface area contributed by atoms with Gasteiger partial charge in [-0.1, -0.05) is 6.42 Å². The molecule has 7 heteroatoms. The van der Waals surface area contributed by atoms with Crippen LogP contribution in [0, 0.1) is 0 Å². The molecule has 1 aromatic rings. The van der Waals surface area contributed by atoms with Crippen molar-refractivity contribution in [2.75, 3.05) is 0 Å². The summed E-state index contributed by atoms with van der Waals surface area (Å²) in [5.41, 5.74) is 3.25. The molecule has 0 aliphatic carbocycles. The number of hydrogen-bond donors (Lipinski definition) is 2. The smallest absolute Gasteiger partial charge is 0.303 e. The van der Waals surface area contributed by atoms with Crippen LogP contribution in [0.1, 0.15) is 37.7 Å².